The molecule has 0 amide bonds. The van der Waals surface area contributed by atoms with Crippen LogP contribution in [0.15, 0.2) is 66.7 Å². The molecule has 0 atom stereocenters. The third-order valence-electron chi connectivity index (χ3n) is 3.61. The summed E-state index contributed by atoms with van der Waals surface area (Å²) in [6.45, 7) is 1.96. The van der Waals surface area contributed by atoms with Crippen molar-refractivity contribution in [2.24, 2.45) is 0 Å². The Kier molecular flexibility index (Phi) is 4.20. The van der Waals surface area contributed by atoms with Gasteiger partial charge in [-0.15, -0.1) is 0 Å². The molecule has 24 heavy (non-hydrogen) atoms. The van der Waals surface area contributed by atoms with E-state index < -0.39 is 0 Å². The molecular weight excluding hydrogens is 304 g/mol. The normalized spacial score (nSPS) is 10.4. The molecule has 0 saturated carbocycles. The van der Waals surface area contributed by atoms with E-state index in [9.17, 15) is 15.0 Å². The van der Waals surface area contributed by atoms with Crippen LogP contribution in [-0.4, -0.2) is 16.0 Å². The highest BCUT2D eigenvalue weighted by Gasteiger charge is 2.16. The van der Waals surface area contributed by atoms with E-state index in [0.29, 0.717) is 16.9 Å². The van der Waals surface area contributed by atoms with Crippen LogP contribution >= 0.6 is 0 Å². The molecule has 2 N–H and O–H groups in total. The monoisotopic (exact) mass is 320 g/mol. The molecule has 0 unspecified atom stereocenters. The summed E-state index contributed by atoms with van der Waals surface area (Å²) in [6.07, 6.45) is 0. The molecular formula is C20H16O4. The number of para-hydroxylation sites is 1. The second-order valence-corrected chi connectivity index (χ2v) is 5.45. The zero-order valence-electron chi connectivity index (χ0n) is 13.1. The number of hydrogen-bond acceptors (Lipinski definition) is 4. The van der Waals surface area contributed by atoms with Crippen molar-refractivity contribution in [3.63, 3.8) is 0 Å². The van der Waals surface area contributed by atoms with Crippen LogP contribution in [-0.2, 0) is 0 Å². The van der Waals surface area contributed by atoms with Crippen LogP contribution in [0.1, 0.15) is 21.5 Å². The van der Waals surface area contributed by atoms with Gasteiger partial charge in [0.05, 0.1) is 5.56 Å². The fourth-order valence-electron chi connectivity index (χ4n) is 2.31. The number of aromatic hydroxyl groups is 2. The number of benzene rings is 3. The molecule has 120 valence electrons. The standard InChI is InChI=1S/C20H16O4/c1-13-6-8-14(9-7-13)20(23)16-4-2-3-5-18(16)24-19-11-10-15(21)12-17(19)22/h2-12,21-22H,1H3. The van der Waals surface area contributed by atoms with Gasteiger partial charge in [0, 0.05) is 11.6 Å². The second-order valence-electron chi connectivity index (χ2n) is 5.45. The van der Waals surface area contributed by atoms with Crippen molar-refractivity contribution in [1.29, 1.82) is 0 Å². The third kappa shape index (κ3) is 3.22. The van der Waals surface area contributed by atoms with Crippen molar-refractivity contribution < 1.29 is 19.7 Å². The number of aryl methyl sites for hydroxylation is 1. The Balaban J connectivity index is 1.95. The average molecular weight is 320 g/mol. The zero-order valence-corrected chi connectivity index (χ0v) is 13.1. The van der Waals surface area contributed by atoms with Crippen LogP contribution in [0.3, 0.4) is 0 Å². The largest absolute Gasteiger partial charge is 0.508 e. The fourth-order valence-corrected chi connectivity index (χ4v) is 2.31. The third-order valence-corrected chi connectivity index (χ3v) is 3.61. The molecule has 0 fully saturated rings. The number of carbonyl (C=O) groups excluding carboxylic acids is 1. The highest BCUT2D eigenvalue weighted by molar-refractivity contribution is 6.10. The molecule has 0 aliphatic heterocycles. The number of carbonyl (C=O) groups is 1. The molecule has 4 heteroatoms. The molecule has 3 aromatic carbocycles. The maximum absolute atomic E-state index is 12.7. The number of ether oxygens (including phenoxy) is 1. The minimum atomic E-state index is -0.201. The van der Waals surface area contributed by atoms with Gasteiger partial charge >= 0.3 is 0 Å². The number of phenolic OH excluding ortho intramolecular Hbond substituents is 2. The lowest BCUT2D eigenvalue weighted by molar-refractivity contribution is 0.103. The van der Waals surface area contributed by atoms with E-state index in [1.165, 1.54) is 18.2 Å². The Morgan fingerprint density at radius 1 is 0.875 bits per heavy atom. The molecule has 0 bridgehead atoms. The molecule has 0 radical (unpaired) electrons. The molecule has 4 nitrogen and oxygen atoms in total. The first-order valence-electron chi connectivity index (χ1n) is 7.45. The van der Waals surface area contributed by atoms with Gasteiger partial charge in [-0.25, -0.2) is 0 Å². The van der Waals surface area contributed by atoms with Gasteiger partial charge in [0.25, 0.3) is 0 Å². The summed E-state index contributed by atoms with van der Waals surface area (Å²) in [5.41, 5.74) is 2.03. The maximum Gasteiger partial charge on any atom is 0.196 e. The lowest BCUT2D eigenvalue weighted by atomic mass is 10.0. The summed E-state index contributed by atoms with van der Waals surface area (Å²) in [5.74, 6) is 0.0707. The van der Waals surface area contributed by atoms with Crippen molar-refractivity contribution in [2.75, 3.05) is 0 Å². The lowest BCUT2D eigenvalue weighted by Crippen LogP contribution is -2.03. The van der Waals surface area contributed by atoms with E-state index in [0.717, 1.165) is 5.56 Å². The first kappa shape index (κ1) is 15.6. The topological polar surface area (TPSA) is 66.8 Å². The van der Waals surface area contributed by atoms with E-state index in [1.54, 1.807) is 36.4 Å². The summed E-state index contributed by atoms with van der Waals surface area (Å²) in [6, 6.07) is 18.2. The summed E-state index contributed by atoms with van der Waals surface area (Å²) in [7, 11) is 0. The SMILES string of the molecule is Cc1ccc(C(=O)c2ccccc2Oc2ccc(O)cc2O)cc1. The van der Waals surface area contributed by atoms with Gasteiger partial charge in [-0.2, -0.15) is 0 Å². The second kappa shape index (κ2) is 6.46. The van der Waals surface area contributed by atoms with Crippen LogP contribution in [0.4, 0.5) is 0 Å². The fraction of sp³-hybridized carbons (Fsp3) is 0.0500. The predicted octanol–water partition coefficient (Wildman–Crippen LogP) is 4.43. The predicted molar refractivity (Wildman–Crippen MR) is 90.9 cm³/mol. The Morgan fingerprint density at radius 2 is 1.58 bits per heavy atom. The summed E-state index contributed by atoms with van der Waals surface area (Å²) < 4.78 is 5.68. The van der Waals surface area contributed by atoms with Crippen LogP contribution in [0.25, 0.3) is 0 Å². The number of ketones is 1. The van der Waals surface area contributed by atoms with E-state index >= 15 is 0 Å². The van der Waals surface area contributed by atoms with Crippen molar-refractivity contribution in [3.05, 3.63) is 83.4 Å². The summed E-state index contributed by atoms with van der Waals surface area (Å²) in [4.78, 5) is 12.7. The van der Waals surface area contributed by atoms with Crippen molar-refractivity contribution >= 4 is 5.78 Å². The van der Waals surface area contributed by atoms with Crippen molar-refractivity contribution in [3.8, 4) is 23.0 Å². The average Bonchev–Trinajstić information content (AvgIpc) is 2.58. The van der Waals surface area contributed by atoms with Gasteiger partial charge in [-0.1, -0.05) is 42.0 Å². The van der Waals surface area contributed by atoms with E-state index in [1.807, 2.05) is 19.1 Å². The van der Waals surface area contributed by atoms with Crippen molar-refractivity contribution in [2.45, 2.75) is 6.92 Å². The van der Waals surface area contributed by atoms with E-state index in [4.69, 9.17) is 4.74 Å². The number of phenols is 2. The Labute approximate surface area is 139 Å². The Morgan fingerprint density at radius 3 is 2.29 bits per heavy atom. The van der Waals surface area contributed by atoms with Crippen LogP contribution in [0, 0.1) is 6.92 Å². The Bertz CT molecular complexity index is 882. The lowest BCUT2D eigenvalue weighted by Gasteiger charge is -2.12. The quantitative estimate of drug-likeness (QED) is 0.698. The minimum absolute atomic E-state index is 0.0659. The molecule has 0 aromatic heterocycles. The van der Waals surface area contributed by atoms with E-state index in [2.05, 4.69) is 0 Å². The minimum Gasteiger partial charge on any atom is -0.508 e. The van der Waals surface area contributed by atoms with Crippen LogP contribution in [0.2, 0.25) is 0 Å². The van der Waals surface area contributed by atoms with Crippen molar-refractivity contribution in [1.82, 2.24) is 0 Å². The zero-order chi connectivity index (χ0) is 17.1. The summed E-state index contributed by atoms with van der Waals surface area (Å²) >= 11 is 0. The van der Waals surface area contributed by atoms with Gasteiger partial charge in [-0.3, -0.25) is 4.79 Å². The van der Waals surface area contributed by atoms with E-state index in [-0.39, 0.29) is 23.0 Å². The molecule has 0 heterocycles. The number of hydrogen-bond donors (Lipinski definition) is 2. The van der Waals surface area contributed by atoms with Crippen LogP contribution in [0.5, 0.6) is 23.0 Å². The smallest absolute Gasteiger partial charge is 0.196 e. The molecule has 0 aliphatic carbocycles. The van der Waals surface area contributed by atoms with Gasteiger partial charge in [0.2, 0.25) is 0 Å². The Hall–Kier alpha value is -3.27. The van der Waals surface area contributed by atoms with Gasteiger partial charge in [0.15, 0.2) is 17.3 Å². The molecule has 0 spiro atoms. The summed E-state index contributed by atoms with van der Waals surface area (Å²) in [5, 5.41) is 19.2. The number of rotatable bonds is 4. The van der Waals surface area contributed by atoms with Gasteiger partial charge in [0.1, 0.15) is 11.5 Å². The first-order valence-corrected chi connectivity index (χ1v) is 7.45. The highest BCUT2D eigenvalue weighted by atomic mass is 16.5. The highest BCUT2D eigenvalue weighted by Crippen LogP contribution is 2.35. The first-order chi connectivity index (χ1) is 11.5. The molecule has 0 aliphatic rings. The maximum atomic E-state index is 12.7. The van der Waals surface area contributed by atoms with Crippen LogP contribution < -0.4 is 4.74 Å². The molecule has 0 saturated heterocycles. The van der Waals surface area contributed by atoms with Gasteiger partial charge in [-0.05, 0) is 31.2 Å². The molecule has 3 rings (SSSR count). The van der Waals surface area contributed by atoms with Gasteiger partial charge < -0.3 is 14.9 Å². The molecule has 3 aromatic rings.